The lowest BCUT2D eigenvalue weighted by Crippen LogP contribution is -2.42. The first kappa shape index (κ1) is 20.4. The van der Waals surface area contributed by atoms with Gasteiger partial charge in [0.1, 0.15) is 11.7 Å². The highest BCUT2D eigenvalue weighted by Crippen LogP contribution is 2.39. The minimum absolute atomic E-state index is 0.104. The molecule has 0 bridgehead atoms. The smallest absolute Gasteiger partial charge is 0.192 e. The van der Waals surface area contributed by atoms with Gasteiger partial charge in [-0.25, -0.2) is 0 Å². The molecule has 0 aromatic heterocycles. The van der Waals surface area contributed by atoms with Gasteiger partial charge in [-0.3, -0.25) is 0 Å². The number of epoxide rings is 1. The summed E-state index contributed by atoms with van der Waals surface area (Å²) in [6.45, 7) is 16.8. The van der Waals surface area contributed by atoms with Crippen LogP contribution in [0.4, 0.5) is 0 Å². The molecule has 0 amide bonds. The lowest BCUT2D eigenvalue weighted by molar-refractivity contribution is 0.104. The van der Waals surface area contributed by atoms with Crippen LogP contribution in [0.15, 0.2) is 42.5 Å². The second-order valence-electron chi connectivity index (χ2n) is 8.73. The highest BCUT2D eigenvalue weighted by atomic mass is 28.4. The van der Waals surface area contributed by atoms with E-state index < -0.39 is 8.32 Å². The first-order valence-electron chi connectivity index (χ1n) is 9.20. The fourth-order valence-corrected chi connectivity index (χ4v) is 3.85. The van der Waals surface area contributed by atoms with Crippen LogP contribution in [-0.2, 0) is 20.5 Å². The number of ether oxygens (including phenoxy) is 2. The Hall–Kier alpha value is -0.943. The zero-order valence-electron chi connectivity index (χ0n) is 16.8. The highest BCUT2D eigenvalue weighted by Gasteiger charge is 2.50. The molecule has 1 aromatic carbocycles. The van der Waals surface area contributed by atoms with Crippen LogP contribution < -0.4 is 0 Å². The van der Waals surface area contributed by atoms with Crippen molar-refractivity contribution in [1.82, 2.24) is 0 Å². The summed E-state index contributed by atoms with van der Waals surface area (Å²) in [7, 11) is -1.74. The Kier molecular flexibility index (Phi) is 6.31. The van der Waals surface area contributed by atoms with Gasteiger partial charge in [0.05, 0.1) is 19.3 Å². The van der Waals surface area contributed by atoms with E-state index in [0.717, 1.165) is 0 Å². The molecule has 1 heterocycles. The largest absolute Gasteiger partial charge is 0.411 e. The summed E-state index contributed by atoms with van der Waals surface area (Å²) in [6.07, 6.45) is 4.51. The summed E-state index contributed by atoms with van der Waals surface area (Å²) >= 11 is 0. The third-order valence-electron chi connectivity index (χ3n) is 5.34. The van der Waals surface area contributed by atoms with Crippen molar-refractivity contribution in [2.45, 2.75) is 77.2 Å². The Morgan fingerprint density at radius 2 is 1.88 bits per heavy atom. The van der Waals surface area contributed by atoms with E-state index >= 15 is 0 Å². The third-order valence-corrected chi connectivity index (χ3v) is 9.92. The predicted molar refractivity (Wildman–Crippen MR) is 106 cm³/mol. The van der Waals surface area contributed by atoms with Crippen molar-refractivity contribution in [3.05, 3.63) is 48.0 Å². The normalized spacial score (nSPS) is 25.3. The lowest BCUT2D eigenvalue weighted by atomic mass is 10.1. The van der Waals surface area contributed by atoms with E-state index in [-0.39, 0.29) is 22.8 Å². The second-order valence-corrected chi connectivity index (χ2v) is 13.5. The molecule has 0 unspecified atom stereocenters. The first-order valence-corrected chi connectivity index (χ1v) is 12.1. The average Bonchev–Trinajstić information content (AvgIpc) is 3.16. The molecule has 1 aliphatic heterocycles. The maximum absolute atomic E-state index is 6.36. The molecule has 1 aromatic rings. The Morgan fingerprint density at radius 3 is 2.48 bits per heavy atom. The number of hydrogen-bond donors (Lipinski definition) is 0. The second kappa shape index (κ2) is 7.75. The van der Waals surface area contributed by atoms with E-state index in [1.807, 2.05) is 18.2 Å². The van der Waals surface area contributed by atoms with E-state index in [4.69, 9.17) is 13.9 Å². The first-order chi connectivity index (χ1) is 11.5. The van der Waals surface area contributed by atoms with Crippen molar-refractivity contribution >= 4 is 8.32 Å². The van der Waals surface area contributed by atoms with Crippen LogP contribution in [0.2, 0.25) is 18.1 Å². The lowest BCUT2D eigenvalue weighted by Gasteiger charge is -2.37. The summed E-state index contributed by atoms with van der Waals surface area (Å²) < 4.78 is 18.0. The van der Waals surface area contributed by atoms with Crippen LogP contribution in [0.3, 0.4) is 0 Å². The molecule has 3 nitrogen and oxygen atoms in total. The van der Waals surface area contributed by atoms with Crippen molar-refractivity contribution in [1.29, 1.82) is 0 Å². The third kappa shape index (κ3) is 5.78. The van der Waals surface area contributed by atoms with Gasteiger partial charge >= 0.3 is 0 Å². The van der Waals surface area contributed by atoms with Crippen molar-refractivity contribution in [2.75, 3.05) is 6.61 Å². The summed E-state index contributed by atoms with van der Waals surface area (Å²) in [5.41, 5.74) is 0.971. The zero-order valence-corrected chi connectivity index (χ0v) is 17.8. The molecular formula is C21H34O3Si. The summed E-state index contributed by atoms with van der Waals surface area (Å²) in [5, 5.41) is 0.225. The van der Waals surface area contributed by atoms with Crippen LogP contribution in [0, 0.1) is 0 Å². The number of rotatable bonds is 8. The molecule has 2 rings (SSSR count). The molecule has 0 N–H and O–H groups in total. The van der Waals surface area contributed by atoms with Gasteiger partial charge < -0.3 is 13.9 Å². The van der Waals surface area contributed by atoms with Crippen LogP contribution in [-0.4, -0.2) is 32.7 Å². The highest BCUT2D eigenvalue weighted by molar-refractivity contribution is 6.74. The molecule has 4 heteroatoms. The molecule has 140 valence electrons. The molecule has 3 atom stereocenters. The van der Waals surface area contributed by atoms with Crippen molar-refractivity contribution in [3.63, 3.8) is 0 Å². The van der Waals surface area contributed by atoms with Crippen LogP contribution in [0.25, 0.3) is 0 Å². The maximum atomic E-state index is 6.36. The fourth-order valence-electron chi connectivity index (χ4n) is 2.48. The van der Waals surface area contributed by atoms with Crippen LogP contribution >= 0.6 is 0 Å². The van der Waals surface area contributed by atoms with Gasteiger partial charge in [-0.15, -0.1) is 0 Å². The van der Waals surface area contributed by atoms with Gasteiger partial charge in [-0.2, -0.15) is 0 Å². The van der Waals surface area contributed by atoms with Crippen LogP contribution in [0.1, 0.15) is 40.2 Å². The van der Waals surface area contributed by atoms with Crippen LogP contribution in [0.5, 0.6) is 0 Å². The summed E-state index contributed by atoms with van der Waals surface area (Å²) in [5.74, 6) is 0. The molecule has 1 fully saturated rings. The SMILES string of the molecule is C[C@@H](/C=C/[C@]1(C)O[C@@H]1COCc1ccccc1)O[Si](C)(C)C(C)(C)C. The molecular weight excluding hydrogens is 328 g/mol. The van der Waals surface area contributed by atoms with Gasteiger partial charge in [0.15, 0.2) is 8.32 Å². The number of benzene rings is 1. The summed E-state index contributed by atoms with van der Waals surface area (Å²) in [4.78, 5) is 0. The minimum Gasteiger partial charge on any atom is -0.411 e. The Labute approximate surface area is 154 Å². The quantitative estimate of drug-likeness (QED) is 0.356. The molecule has 1 saturated heterocycles. The van der Waals surface area contributed by atoms with Gasteiger partial charge in [-0.05, 0) is 37.5 Å². The standard InChI is InChI=1S/C21H34O3Si/c1-17(24-25(6,7)20(2,3)4)13-14-21(5)19(23-21)16-22-15-18-11-9-8-10-12-18/h8-14,17,19H,15-16H2,1-7H3/b14-13+/t17-,19+,21-/m0/s1. The Morgan fingerprint density at radius 1 is 1.24 bits per heavy atom. The predicted octanol–water partition coefficient (Wildman–Crippen LogP) is 5.33. The zero-order chi connectivity index (χ0) is 18.7. The van der Waals surface area contributed by atoms with Gasteiger partial charge in [-0.1, -0.05) is 63.3 Å². The molecule has 25 heavy (non-hydrogen) atoms. The van der Waals surface area contributed by atoms with Crippen molar-refractivity contribution in [3.8, 4) is 0 Å². The van der Waals surface area contributed by atoms with Crippen molar-refractivity contribution in [2.24, 2.45) is 0 Å². The van der Waals surface area contributed by atoms with Gasteiger partial charge in [0.25, 0.3) is 0 Å². The van der Waals surface area contributed by atoms with E-state index in [0.29, 0.717) is 13.2 Å². The molecule has 0 saturated carbocycles. The fraction of sp³-hybridized carbons (Fsp3) is 0.619. The summed E-state index contributed by atoms with van der Waals surface area (Å²) in [6, 6.07) is 10.2. The monoisotopic (exact) mass is 362 g/mol. The molecule has 1 aliphatic rings. The van der Waals surface area contributed by atoms with E-state index in [2.05, 4.69) is 72.0 Å². The number of hydrogen-bond acceptors (Lipinski definition) is 3. The average molecular weight is 363 g/mol. The van der Waals surface area contributed by atoms with Gasteiger partial charge in [0.2, 0.25) is 0 Å². The van der Waals surface area contributed by atoms with Crippen molar-refractivity contribution < 1.29 is 13.9 Å². The molecule has 0 aliphatic carbocycles. The van der Waals surface area contributed by atoms with E-state index in [1.165, 1.54) is 5.56 Å². The molecule has 0 spiro atoms. The van der Waals surface area contributed by atoms with Gasteiger partial charge in [0, 0.05) is 0 Å². The Bertz CT molecular complexity index is 577. The van der Waals surface area contributed by atoms with E-state index in [1.54, 1.807) is 0 Å². The Balaban J connectivity index is 1.76. The van der Waals surface area contributed by atoms with E-state index in [9.17, 15) is 0 Å². The molecule has 0 radical (unpaired) electrons. The minimum atomic E-state index is -1.74. The maximum Gasteiger partial charge on any atom is 0.192 e. The topological polar surface area (TPSA) is 31.0 Å².